The molecule has 3 nitrogen and oxygen atoms in total. The SMILES string of the molecule is C#CC1(N(C)C)CCN(C(C)=O)CC1. The van der Waals surface area contributed by atoms with Crippen LogP contribution in [0.5, 0.6) is 0 Å². The zero-order valence-electron chi connectivity index (χ0n) is 9.21. The number of hydrogen-bond acceptors (Lipinski definition) is 2. The first-order valence-electron chi connectivity index (χ1n) is 4.92. The minimum absolute atomic E-state index is 0.147. The molecule has 1 heterocycles. The molecule has 1 aliphatic heterocycles. The molecule has 0 unspecified atom stereocenters. The number of rotatable bonds is 1. The van der Waals surface area contributed by atoms with E-state index in [2.05, 4.69) is 10.8 Å². The average Bonchev–Trinajstić information content (AvgIpc) is 2.17. The monoisotopic (exact) mass is 194 g/mol. The van der Waals surface area contributed by atoms with Gasteiger partial charge in [0.1, 0.15) is 0 Å². The Hall–Kier alpha value is -1.01. The third-order valence-electron chi connectivity index (χ3n) is 3.16. The molecule has 0 aromatic heterocycles. The van der Waals surface area contributed by atoms with Crippen molar-refractivity contribution in [3.8, 4) is 12.3 Å². The molecule has 1 amide bonds. The van der Waals surface area contributed by atoms with Gasteiger partial charge in [0.25, 0.3) is 0 Å². The molecule has 0 bridgehead atoms. The maximum atomic E-state index is 11.1. The van der Waals surface area contributed by atoms with Gasteiger partial charge in [-0.3, -0.25) is 9.69 Å². The van der Waals surface area contributed by atoms with Gasteiger partial charge in [0.05, 0.1) is 5.54 Å². The predicted octanol–water partition coefficient (Wildman–Crippen LogP) is 0.562. The van der Waals surface area contributed by atoms with Crippen LogP contribution in [0.3, 0.4) is 0 Å². The summed E-state index contributed by atoms with van der Waals surface area (Å²) in [5, 5.41) is 0. The fraction of sp³-hybridized carbons (Fsp3) is 0.727. The summed E-state index contributed by atoms with van der Waals surface area (Å²) in [6.07, 6.45) is 7.31. The number of nitrogens with zero attached hydrogens (tertiary/aromatic N) is 2. The fourth-order valence-electron chi connectivity index (χ4n) is 1.91. The molecule has 1 aliphatic rings. The van der Waals surface area contributed by atoms with Gasteiger partial charge in [-0.25, -0.2) is 0 Å². The van der Waals surface area contributed by atoms with Gasteiger partial charge in [-0.2, -0.15) is 0 Å². The fourth-order valence-corrected chi connectivity index (χ4v) is 1.91. The maximum Gasteiger partial charge on any atom is 0.219 e. The quantitative estimate of drug-likeness (QED) is 0.570. The van der Waals surface area contributed by atoms with Gasteiger partial charge in [-0.1, -0.05) is 5.92 Å². The van der Waals surface area contributed by atoms with Crippen LogP contribution in [0, 0.1) is 12.3 Å². The van der Waals surface area contributed by atoms with E-state index in [1.54, 1.807) is 6.92 Å². The summed E-state index contributed by atoms with van der Waals surface area (Å²) in [5.74, 6) is 3.01. The van der Waals surface area contributed by atoms with Crippen LogP contribution in [-0.4, -0.2) is 48.4 Å². The second kappa shape index (κ2) is 4.02. The molecule has 0 atom stereocenters. The van der Waals surface area contributed by atoms with Crippen molar-refractivity contribution in [3.63, 3.8) is 0 Å². The van der Waals surface area contributed by atoms with Crippen LogP contribution in [-0.2, 0) is 4.79 Å². The molecule has 0 aliphatic carbocycles. The Kier molecular flexibility index (Phi) is 3.17. The number of hydrogen-bond donors (Lipinski definition) is 0. The first-order valence-corrected chi connectivity index (χ1v) is 4.92. The normalized spacial score (nSPS) is 20.6. The maximum absolute atomic E-state index is 11.1. The summed E-state index contributed by atoms with van der Waals surface area (Å²) < 4.78 is 0. The predicted molar refractivity (Wildman–Crippen MR) is 56.7 cm³/mol. The van der Waals surface area contributed by atoms with Gasteiger partial charge in [0, 0.05) is 20.0 Å². The Labute approximate surface area is 86.1 Å². The molecule has 1 saturated heterocycles. The highest BCUT2D eigenvalue weighted by molar-refractivity contribution is 5.73. The van der Waals surface area contributed by atoms with Gasteiger partial charge >= 0.3 is 0 Å². The first kappa shape index (κ1) is 11.1. The van der Waals surface area contributed by atoms with Crippen LogP contribution < -0.4 is 0 Å². The lowest BCUT2D eigenvalue weighted by atomic mass is 9.87. The molecule has 78 valence electrons. The number of amides is 1. The average molecular weight is 194 g/mol. The number of carbonyl (C=O) groups excluding carboxylic acids is 1. The zero-order chi connectivity index (χ0) is 10.8. The molecule has 0 spiro atoms. The lowest BCUT2D eigenvalue weighted by Crippen LogP contribution is -2.52. The van der Waals surface area contributed by atoms with Crippen molar-refractivity contribution in [3.05, 3.63) is 0 Å². The number of terminal acetylenes is 1. The van der Waals surface area contributed by atoms with Gasteiger partial charge in [0.2, 0.25) is 5.91 Å². The highest BCUT2D eigenvalue weighted by atomic mass is 16.2. The van der Waals surface area contributed by atoms with E-state index in [1.807, 2.05) is 19.0 Å². The Balaban J connectivity index is 2.65. The summed E-state index contributed by atoms with van der Waals surface area (Å²) in [5.41, 5.74) is -0.147. The lowest BCUT2D eigenvalue weighted by molar-refractivity contribution is -0.130. The van der Waals surface area contributed by atoms with E-state index in [0.29, 0.717) is 0 Å². The topological polar surface area (TPSA) is 23.6 Å². The Bertz CT molecular complexity index is 257. The Morgan fingerprint density at radius 1 is 1.43 bits per heavy atom. The van der Waals surface area contributed by atoms with E-state index in [0.717, 1.165) is 25.9 Å². The Morgan fingerprint density at radius 2 is 1.93 bits per heavy atom. The number of likely N-dealkylation sites (tertiary alicyclic amines) is 1. The van der Waals surface area contributed by atoms with Gasteiger partial charge in [-0.05, 0) is 26.9 Å². The summed E-state index contributed by atoms with van der Waals surface area (Å²) in [7, 11) is 4.01. The molecule has 1 rings (SSSR count). The summed E-state index contributed by atoms with van der Waals surface area (Å²) in [6, 6.07) is 0. The Morgan fingerprint density at radius 3 is 2.21 bits per heavy atom. The van der Waals surface area contributed by atoms with E-state index >= 15 is 0 Å². The van der Waals surface area contributed by atoms with Crippen molar-refractivity contribution in [2.24, 2.45) is 0 Å². The van der Waals surface area contributed by atoms with Crippen LogP contribution in [0.1, 0.15) is 19.8 Å². The summed E-state index contributed by atoms with van der Waals surface area (Å²) in [6.45, 7) is 3.16. The van der Waals surface area contributed by atoms with Gasteiger partial charge < -0.3 is 4.90 Å². The second-order valence-electron chi connectivity index (χ2n) is 4.08. The molecule has 1 fully saturated rings. The highest BCUT2D eigenvalue weighted by Crippen LogP contribution is 2.26. The molecule has 0 aromatic rings. The molecule has 0 radical (unpaired) electrons. The van der Waals surface area contributed by atoms with Crippen LogP contribution >= 0.6 is 0 Å². The third kappa shape index (κ3) is 1.91. The minimum atomic E-state index is -0.147. The van der Waals surface area contributed by atoms with E-state index in [-0.39, 0.29) is 11.4 Å². The smallest absolute Gasteiger partial charge is 0.219 e. The number of carbonyl (C=O) groups is 1. The van der Waals surface area contributed by atoms with Crippen molar-refractivity contribution in [1.29, 1.82) is 0 Å². The van der Waals surface area contributed by atoms with Crippen molar-refractivity contribution in [2.45, 2.75) is 25.3 Å². The molecule has 0 N–H and O–H groups in total. The van der Waals surface area contributed by atoms with Crippen LogP contribution in [0.4, 0.5) is 0 Å². The number of piperidine rings is 1. The molecular weight excluding hydrogens is 176 g/mol. The van der Waals surface area contributed by atoms with Crippen molar-refractivity contribution < 1.29 is 4.79 Å². The minimum Gasteiger partial charge on any atom is -0.343 e. The van der Waals surface area contributed by atoms with E-state index in [9.17, 15) is 4.79 Å². The van der Waals surface area contributed by atoms with Gasteiger partial charge in [-0.15, -0.1) is 6.42 Å². The van der Waals surface area contributed by atoms with E-state index in [4.69, 9.17) is 6.42 Å². The highest BCUT2D eigenvalue weighted by Gasteiger charge is 2.35. The summed E-state index contributed by atoms with van der Waals surface area (Å²) in [4.78, 5) is 15.1. The van der Waals surface area contributed by atoms with Crippen LogP contribution in [0.25, 0.3) is 0 Å². The van der Waals surface area contributed by atoms with Crippen LogP contribution in [0.15, 0.2) is 0 Å². The van der Waals surface area contributed by atoms with Crippen molar-refractivity contribution >= 4 is 5.91 Å². The first-order chi connectivity index (χ1) is 6.52. The van der Waals surface area contributed by atoms with E-state index in [1.165, 1.54) is 0 Å². The molecule has 0 aromatic carbocycles. The lowest BCUT2D eigenvalue weighted by Gasteiger charge is -2.42. The molecule has 14 heavy (non-hydrogen) atoms. The second-order valence-corrected chi connectivity index (χ2v) is 4.08. The van der Waals surface area contributed by atoms with Crippen molar-refractivity contribution in [1.82, 2.24) is 9.80 Å². The largest absolute Gasteiger partial charge is 0.343 e. The standard InChI is InChI=1S/C11H18N2O/c1-5-11(12(3)4)6-8-13(9-7-11)10(2)14/h1H,6-9H2,2-4H3. The zero-order valence-corrected chi connectivity index (χ0v) is 9.21. The molecular formula is C11H18N2O. The van der Waals surface area contributed by atoms with Crippen molar-refractivity contribution in [2.75, 3.05) is 27.2 Å². The van der Waals surface area contributed by atoms with E-state index < -0.39 is 0 Å². The third-order valence-corrected chi connectivity index (χ3v) is 3.16. The molecule has 3 heteroatoms. The summed E-state index contributed by atoms with van der Waals surface area (Å²) >= 11 is 0. The van der Waals surface area contributed by atoms with Crippen LogP contribution in [0.2, 0.25) is 0 Å². The van der Waals surface area contributed by atoms with Gasteiger partial charge in [0.15, 0.2) is 0 Å². The molecule has 0 saturated carbocycles.